The molecule has 5 nitrogen and oxygen atoms in total. The van der Waals surface area contributed by atoms with Crippen LogP contribution in [0.2, 0.25) is 0 Å². The third-order valence-electron chi connectivity index (χ3n) is 3.36. The lowest BCUT2D eigenvalue weighted by Crippen LogP contribution is -2.28. The number of carbonyl (C=O) groups excluding carboxylic acids is 2. The molecule has 0 saturated carbocycles. The van der Waals surface area contributed by atoms with Crippen LogP contribution in [0.4, 0.5) is 4.79 Å². The van der Waals surface area contributed by atoms with Crippen molar-refractivity contribution < 1.29 is 19.1 Å². The van der Waals surface area contributed by atoms with Crippen LogP contribution < -0.4 is 5.32 Å². The van der Waals surface area contributed by atoms with E-state index in [9.17, 15) is 9.59 Å². The van der Waals surface area contributed by atoms with E-state index in [0.717, 1.165) is 11.1 Å². The first-order valence-electron chi connectivity index (χ1n) is 8.06. The number of carbonyl (C=O) groups is 2. The lowest BCUT2D eigenvalue weighted by atomic mass is 10.1. The van der Waals surface area contributed by atoms with Gasteiger partial charge in [0.05, 0.1) is 12.6 Å². The molecule has 0 saturated heterocycles. The highest BCUT2D eigenvalue weighted by molar-refractivity contribution is 5.82. The van der Waals surface area contributed by atoms with Crippen LogP contribution in [-0.2, 0) is 20.9 Å². The molecule has 0 aromatic heterocycles. The smallest absolute Gasteiger partial charge is 0.408 e. The van der Waals surface area contributed by atoms with Gasteiger partial charge >= 0.3 is 12.1 Å². The Morgan fingerprint density at radius 2 is 1.64 bits per heavy atom. The molecule has 130 valence electrons. The van der Waals surface area contributed by atoms with Crippen molar-refractivity contribution in [1.29, 1.82) is 0 Å². The van der Waals surface area contributed by atoms with Crippen molar-refractivity contribution in [3.63, 3.8) is 0 Å². The molecule has 0 fully saturated rings. The van der Waals surface area contributed by atoms with Gasteiger partial charge in [0.1, 0.15) is 6.61 Å². The Hall–Kier alpha value is -3.08. The van der Waals surface area contributed by atoms with Gasteiger partial charge in [-0.25, -0.2) is 9.59 Å². The lowest BCUT2D eigenvalue weighted by molar-refractivity contribution is -0.137. The molecule has 0 spiro atoms. The van der Waals surface area contributed by atoms with Crippen LogP contribution in [0.1, 0.15) is 24.1 Å². The van der Waals surface area contributed by atoms with E-state index in [1.807, 2.05) is 60.7 Å². The Morgan fingerprint density at radius 1 is 1.00 bits per heavy atom. The molecular weight excluding hydrogens is 318 g/mol. The number of benzene rings is 2. The second kappa shape index (κ2) is 9.93. The lowest BCUT2D eigenvalue weighted by Gasteiger charge is -2.15. The molecule has 0 unspecified atom stereocenters. The first-order valence-corrected chi connectivity index (χ1v) is 8.06. The van der Waals surface area contributed by atoms with Crippen molar-refractivity contribution in [3.05, 3.63) is 83.9 Å². The highest BCUT2D eigenvalue weighted by Gasteiger charge is 2.13. The summed E-state index contributed by atoms with van der Waals surface area (Å²) in [6.45, 7) is 2.21. The molecule has 0 aliphatic heterocycles. The molecule has 0 aliphatic rings. The summed E-state index contributed by atoms with van der Waals surface area (Å²) in [6, 6.07) is 18.2. The zero-order valence-corrected chi connectivity index (χ0v) is 14.1. The van der Waals surface area contributed by atoms with Gasteiger partial charge in [0.25, 0.3) is 0 Å². The van der Waals surface area contributed by atoms with Crippen molar-refractivity contribution in [1.82, 2.24) is 5.32 Å². The van der Waals surface area contributed by atoms with Crippen molar-refractivity contribution >= 4 is 12.1 Å². The van der Waals surface area contributed by atoms with E-state index in [4.69, 9.17) is 9.47 Å². The molecule has 2 aromatic rings. The van der Waals surface area contributed by atoms with Crippen molar-refractivity contribution in [2.24, 2.45) is 0 Å². The average Bonchev–Trinajstić information content (AvgIpc) is 2.65. The van der Waals surface area contributed by atoms with Gasteiger partial charge in [0.15, 0.2) is 0 Å². The zero-order chi connectivity index (χ0) is 17.9. The Labute approximate surface area is 147 Å². The van der Waals surface area contributed by atoms with E-state index in [1.54, 1.807) is 13.0 Å². The Morgan fingerprint density at radius 3 is 2.28 bits per heavy atom. The average molecular weight is 339 g/mol. The minimum atomic E-state index is -0.564. The second-order valence-corrected chi connectivity index (χ2v) is 5.21. The molecule has 5 heteroatoms. The molecule has 1 amide bonds. The molecule has 2 aromatic carbocycles. The molecule has 1 atom stereocenters. The topological polar surface area (TPSA) is 64.6 Å². The predicted molar refractivity (Wildman–Crippen MR) is 94.7 cm³/mol. The van der Waals surface area contributed by atoms with Crippen LogP contribution >= 0.6 is 0 Å². The van der Waals surface area contributed by atoms with Gasteiger partial charge in [-0.05, 0) is 18.1 Å². The summed E-state index contributed by atoms with van der Waals surface area (Å²) in [4.78, 5) is 23.6. The second-order valence-electron chi connectivity index (χ2n) is 5.21. The van der Waals surface area contributed by atoms with Gasteiger partial charge in [0, 0.05) is 6.08 Å². The molecule has 0 radical (unpaired) electrons. The van der Waals surface area contributed by atoms with Crippen LogP contribution in [0.25, 0.3) is 0 Å². The van der Waals surface area contributed by atoms with E-state index < -0.39 is 18.1 Å². The summed E-state index contributed by atoms with van der Waals surface area (Å²) in [5.41, 5.74) is 1.73. The number of esters is 1. The minimum absolute atomic E-state index is 0.176. The number of alkyl carbamates (subject to hydrolysis) is 1. The van der Waals surface area contributed by atoms with E-state index in [1.165, 1.54) is 6.08 Å². The molecule has 0 aliphatic carbocycles. The van der Waals surface area contributed by atoms with Crippen molar-refractivity contribution in [3.8, 4) is 0 Å². The van der Waals surface area contributed by atoms with Crippen LogP contribution in [-0.4, -0.2) is 18.7 Å². The first-order chi connectivity index (χ1) is 12.2. The highest BCUT2D eigenvalue weighted by Crippen LogP contribution is 2.14. The summed E-state index contributed by atoms with van der Waals surface area (Å²) in [5.74, 6) is -0.456. The van der Waals surface area contributed by atoms with Gasteiger partial charge < -0.3 is 14.8 Å². The predicted octanol–water partition coefficient (Wildman–Crippen LogP) is 3.77. The first kappa shape index (κ1) is 18.3. The van der Waals surface area contributed by atoms with E-state index in [-0.39, 0.29) is 6.61 Å². The summed E-state index contributed by atoms with van der Waals surface area (Å²) < 4.78 is 10.1. The molecule has 0 bridgehead atoms. The van der Waals surface area contributed by atoms with E-state index in [2.05, 4.69) is 5.32 Å². The maximum Gasteiger partial charge on any atom is 0.408 e. The minimum Gasteiger partial charge on any atom is -0.463 e. The third kappa shape index (κ3) is 6.51. The number of hydrogen-bond acceptors (Lipinski definition) is 4. The Kier molecular flexibility index (Phi) is 7.25. The third-order valence-corrected chi connectivity index (χ3v) is 3.36. The largest absolute Gasteiger partial charge is 0.463 e. The zero-order valence-electron chi connectivity index (χ0n) is 14.1. The van der Waals surface area contributed by atoms with Crippen LogP contribution in [0.15, 0.2) is 72.8 Å². The Balaban J connectivity index is 2.00. The molecule has 0 heterocycles. The molecule has 1 N–H and O–H groups in total. The summed E-state index contributed by atoms with van der Waals surface area (Å²) in [6.07, 6.45) is 2.32. The Bertz CT molecular complexity index is 698. The van der Waals surface area contributed by atoms with Gasteiger partial charge in [-0.2, -0.15) is 0 Å². The number of hydrogen-bond donors (Lipinski definition) is 1. The monoisotopic (exact) mass is 339 g/mol. The van der Waals surface area contributed by atoms with Crippen LogP contribution in [0.5, 0.6) is 0 Å². The summed E-state index contributed by atoms with van der Waals surface area (Å²) >= 11 is 0. The standard InChI is InChI=1S/C20H21NO4/c1-2-24-19(22)14-13-18(17-11-7-4-8-12-17)21-20(23)25-15-16-9-5-3-6-10-16/h3-14,18H,2,15H2,1H3,(H,21,23)/b14-13+/t18-/m0/s1. The number of ether oxygens (including phenoxy) is 2. The number of nitrogens with one attached hydrogen (secondary N) is 1. The molecule has 2 rings (SSSR count). The fraction of sp³-hybridized carbons (Fsp3) is 0.200. The van der Waals surface area contributed by atoms with Crippen LogP contribution in [0.3, 0.4) is 0 Å². The summed E-state index contributed by atoms with van der Waals surface area (Å²) in [7, 11) is 0. The number of amides is 1. The fourth-order valence-corrected chi connectivity index (χ4v) is 2.16. The van der Waals surface area contributed by atoms with E-state index in [0.29, 0.717) is 6.61 Å². The SMILES string of the molecule is CCOC(=O)/C=C/[C@H](NC(=O)OCc1ccccc1)c1ccccc1. The van der Waals surface area contributed by atoms with Crippen molar-refractivity contribution in [2.75, 3.05) is 6.61 Å². The molecule has 25 heavy (non-hydrogen) atoms. The van der Waals surface area contributed by atoms with Crippen LogP contribution in [0, 0.1) is 0 Å². The maximum atomic E-state index is 12.1. The number of rotatable bonds is 7. The fourth-order valence-electron chi connectivity index (χ4n) is 2.16. The summed E-state index contributed by atoms with van der Waals surface area (Å²) in [5, 5.41) is 2.75. The van der Waals surface area contributed by atoms with E-state index >= 15 is 0 Å². The highest BCUT2D eigenvalue weighted by atomic mass is 16.5. The van der Waals surface area contributed by atoms with Gasteiger partial charge in [-0.3, -0.25) is 0 Å². The molecular formula is C20H21NO4. The van der Waals surface area contributed by atoms with Gasteiger partial charge in [0.2, 0.25) is 0 Å². The quantitative estimate of drug-likeness (QED) is 0.616. The van der Waals surface area contributed by atoms with Crippen molar-refractivity contribution in [2.45, 2.75) is 19.6 Å². The van der Waals surface area contributed by atoms with Gasteiger partial charge in [-0.1, -0.05) is 66.7 Å². The maximum absolute atomic E-state index is 12.1. The van der Waals surface area contributed by atoms with Gasteiger partial charge in [-0.15, -0.1) is 0 Å². The normalized spacial score (nSPS) is 11.7.